The first-order chi connectivity index (χ1) is 9.33. The Labute approximate surface area is 139 Å². The van der Waals surface area contributed by atoms with E-state index in [1.165, 1.54) is 19.3 Å². The molecule has 21 heavy (non-hydrogen) atoms. The number of hydrogen-bond acceptors (Lipinski definition) is 2. The second kappa shape index (κ2) is 8.94. The van der Waals surface area contributed by atoms with E-state index in [9.17, 15) is 4.39 Å². The minimum Gasteiger partial charge on any atom is -0.315 e. The zero-order valence-corrected chi connectivity index (χ0v) is 13.8. The molecule has 1 atom stereocenters. The average molecular weight is 335 g/mol. The average Bonchev–Trinajstić information content (AvgIpc) is 2.93. The lowest BCUT2D eigenvalue weighted by Crippen LogP contribution is -2.41. The lowest BCUT2D eigenvalue weighted by atomic mass is 9.81. The summed E-state index contributed by atoms with van der Waals surface area (Å²) >= 11 is 0. The fourth-order valence-electron chi connectivity index (χ4n) is 3.51. The zero-order valence-electron chi connectivity index (χ0n) is 12.2. The van der Waals surface area contributed by atoms with Crippen LogP contribution in [-0.2, 0) is 0 Å². The van der Waals surface area contributed by atoms with E-state index >= 15 is 0 Å². The molecule has 1 aromatic carbocycles. The number of halogens is 3. The van der Waals surface area contributed by atoms with Gasteiger partial charge < -0.3 is 10.6 Å². The van der Waals surface area contributed by atoms with Crippen LogP contribution in [0, 0.1) is 5.82 Å². The third-order valence-corrected chi connectivity index (χ3v) is 4.60. The summed E-state index contributed by atoms with van der Waals surface area (Å²) in [5.41, 5.74) is 0.920. The molecule has 1 aromatic rings. The maximum Gasteiger partial charge on any atom is 0.126 e. The fraction of sp³-hybridized carbons (Fsp3) is 0.625. The van der Waals surface area contributed by atoms with Crippen molar-refractivity contribution in [3.8, 4) is 0 Å². The first-order valence-corrected chi connectivity index (χ1v) is 7.54. The summed E-state index contributed by atoms with van der Waals surface area (Å²) in [4.78, 5) is 0. The lowest BCUT2D eigenvalue weighted by molar-refractivity contribution is 0.316. The lowest BCUT2D eigenvalue weighted by Gasteiger charge is -2.31. The molecule has 1 aliphatic heterocycles. The molecular weight excluding hydrogens is 310 g/mol. The van der Waals surface area contributed by atoms with Gasteiger partial charge in [0.05, 0.1) is 0 Å². The molecular formula is C16H25Cl2FN2. The quantitative estimate of drug-likeness (QED) is 0.881. The van der Waals surface area contributed by atoms with E-state index in [1.807, 2.05) is 12.1 Å². The topological polar surface area (TPSA) is 24.1 Å². The number of nitrogens with one attached hydrogen (secondary N) is 2. The second-order valence-electron chi connectivity index (χ2n) is 5.93. The molecule has 0 aromatic heterocycles. The third-order valence-electron chi connectivity index (χ3n) is 4.60. The van der Waals surface area contributed by atoms with Gasteiger partial charge >= 0.3 is 0 Å². The van der Waals surface area contributed by atoms with Crippen LogP contribution in [0.3, 0.4) is 0 Å². The molecule has 1 heterocycles. The van der Waals surface area contributed by atoms with Crippen molar-refractivity contribution in [1.82, 2.24) is 10.6 Å². The van der Waals surface area contributed by atoms with Crippen molar-refractivity contribution in [2.45, 2.75) is 50.1 Å². The van der Waals surface area contributed by atoms with E-state index in [4.69, 9.17) is 0 Å². The maximum absolute atomic E-state index is 13.8. The molecule has 2 N–H and O–H groups in total. The molecule has 2 fully saturated rings. The summed E-state index contributed by atoms with van der Waals surface area (Å²) in [7, 11) is 0. The summed E-state index contributed by atoms with van der Waals surface area (Å²) in [6.45, 7) is 2.25. The molecule has 0 amide bonds. The first-order valence-electron chi connectivity index (χ1n) is 7.54. The van der Waals surface area contributed by atoms with Gasteiger partial charge in [0.15, 0.2) is 0 Å². The number of benzene rings is 1. The van der Waals surface area contributed by atoms with Gasteiger partial charge in [-0.25, -0.2) is 4.39 Å². The predicted octanol–water partition coefficient (Wildman–Crippen LogP) is 3.65. The van der Waals surface area contributed by atoms with Crippen LogP contribution < -0.4 is 10.6 Å². The predicted molar refractivity (Wildman–Crippen MR) is 90.3 cm³/mol. The van der Waals surface area contributed by atoms with E-state index in [-0.39, 0.29) is 30.6 Å². The van der Waals surface area contributed by atoms with Crippen molar-refractivity contribution in [3.05, 3.63) is 35.6 Å². The van der Waals surface area contributed by atoms with Crippen LogP contribution in [0.4, 0.5) is 4.39 Å². The fourth-order valence-corrected chi connectivity index (χ4v) is 3.51. The van der Waals surface area contributed by atoms with Gasteiger partial charge in [-0.3, -0.25) is 0 Å². The van der Waals surface area contributed by atoms with E-state index in [2.05, 4.69) is 10.6 Å². The summed E-state index contributed by atoms with van der Waals surface area (Å²) in [5, 5.41) is 7.14. The molecule has 2 nitrogen and oxygen atoms in total. The van der Waals surface area contributed by atoms with Gasteiger partial charge in [-0.1, -0.05) is 18.2 Å². The van der Waals surface area contributed by atoms with Crippen LogP contribution in [-0.4, -0.2) is 25.2 Å². The van der Waals surface area contributed by atoms with E-state index < -0.39 is 0 Å². The highest BCUT2D eigenvalue weighted by molar-refractivity contribution is 5.85. The Kier molecular flexibility index (Phi) is 7.96. The van der Waals surface area contributed by atoms with Gasteiger partial charge in [0, 0.05) is 18.6 Å². The van der Waals surface area contributed by atoms with Crippen LogP contribution in [0.1, 0.15) is 43.6 Å². The van der Waals surface area contributed by atoms with Gasteiger partial charge in [-0.2, -0.15) is 0 Å². The molecule has 1 saturated carbocycles. The summed E-state index contributed by atoms with van der Waals surface area (Å²) in [6.07, 6.45) is 5.82. The van der Waals surface area contributed by atoms with E-state index in [1.54, 1.807) is 12.1 Å². The van der Waals surface area contributed by atoms with Gasteiger partial charge in [-0.15, -0.1) is 24.8 Å². The molecule has 1 unspecified atom stereocenters. The van der Waals surface area contributed by atoms with Gasteiger partial charge in [0.25, 0.3) is 0 Å². The Bertz CT molecular complexity index is 416. The molecule has 1 saturated heterocycles. The molecule has 5 heteroatoms. The van der Waals surface area contributed by atoms with Crippen LogP contribution in [0.15, 0.2) is 24.3 Å². The van der Waals surface area contributed by atoms with Crippen molar-refractivity contribution in [2.75, 3.05) is 13.1 Å². The Morgan fingerprint density at radius 2 is 1.67 bits per heavy atom. The summed E-state index contributed by atoms with van der Waals surface area (Å²) in [5.74, 6) is 0.389. The van der Waals surface area contributed by atoms with E-state index in [0.717, 1.165) is 31.5 Å². The molecule has 0 radical (unpaired) electrons. The Morgan fingerprint density at radius 1 is 0.952 bits per heavy atom. The smallest absolute Gasteiger partial charge is 0.126 e. The van der Waals surface area contributed by atoms with Gasteiger partial charge in [-0.05, 0) is 56.2 Å². The highest BCUT2D eigenvalue weighted by Gasteiger charge is 2.26. The largest absolute Gasteiger partial charge is 0.315 e. The highest BCUT2D eigenvalue weighted by Crippen LogP contribution is 2.34. The van der Waals surface area contributed by atoms with Crippen LogP contribution in [0.5, 0.6) is 0 Å². The molecule has 1 aliphatic carbocycles. The number of rotatable bonds is 3. The first kappa shape index (κ1) is 18.7. The number of hydrogen-bond donors (Lipinski definition) is 2. The minimum atomic E-state index is -0.0288. The second-order valence-corrected chi connectivity index (χ2v) is 5.93. The minimum absolute atomic E-state index is 0. The SMILES string of the molecule is Cl.Cl.Fc1ccccc1[C@H]1CC[C@H](NC2CCNC2)CC1. The molecule has 2 aliphatic rings. The van der Waals surface area contributed by atoms with Gasteiger partial charge in [0.2, 0.25) is 0 Å². The Hall–Kier alpha value is -0.350. The van der Waals surface area contributed by atoms with Crippen LogP contribution in [0.2, 0.25) is 0 Å². The van der Waals surface area contributed by atoms with Crippen molar-refractivity contribution in [1.29, 1.82) is 0 Å². The molecule has 3 rings (SSSR count). The molecule has 0 spiro atoms. The summed E-state index contributed by atoms with van der Waals surface area (Å²) < 4.78 is 13.8. The third kappa shape index (κ3) is 4.82. The van der Waals surface area contributed by atoms with Crippen LogP contribution in [0.25, 0.3) is 0 Å². The maximum atomic E-state index is 13.8. The Morgan fingerprint density at radius 3 is 2.29 bits per heavy atom. The normalized spacial score (nSPS) is 28.5. The Balaban J connectivity index is 0.00000110. The summed E-state index contributed by atoms with van der Waals surface area (Å²) in [6, 6.07) is 8.55. The van der Waals surface area contributed by atoms with Crippen molar-refractivity contribution in [3.63, 3.8) is 0 Å². The van der Waals surface area contributed by atoms with Gasteiger partial charge in [0.1, 0.15) is 5.82 Å². The monoisotopic (exact) mass is 334 g/mol. The molecule has 120 valence electrons. The van der Waals surface area contributed by atoms with Crippen LogP contribution >= 0.6 is 24.8 Å². The van der Waals surface area contributed by atoms with E-state index in [0.29, 0.717) is 18.0 Å². The zero-order chi connectivity index (χ0) is 13.1. The van der Waals surface area contributed by atoms with Crippen molar-refractivity contribution >= 4 is 24.8 Å². The standard InChI is InChI=1S/C16H23FN2.2ClH/c17-16-4-2-1-3-15(16)12-5-7-13(8-6-12)19-14-9-10-18-11-14;;/h1-4,12-14,18-19H,5-11H2;2*1H/t12-,13-,14?;;. The molecule has 0 bridgehead atoms. The van der Waals surface area contributed by atoms with Crippen molar-refractivity contribution in [2.24, 2.45) is 0 Å². The highest BCUT2D eigenvalue weighted by atomic mass is 35.5. The van der Waals surface area contributed by atoms with Crippen molar-refractivity contribution < 1.29 is 4.39 Å².